The zero-order chi connectivity index (χ0) is 19.2. The summed E-state index contributed by atoms with van der Waals surface area (Å²) in [5.74, 6) is 0.480. The molecule has 0 spiro atoms. The molecule has 1 aromatic rings. The fraction of sp³-hybridized carbons (Fsp3) is 0.526. The van der Waals surface area contributed by atoms with Crippen LogP contribution in [0.2, 0.25) is 0 Å². The van der Waals surface area contributed by atoms with Gasteiger partial charge in [0, 0.05) is 24.8 Å². The summed E-state index contributed by atoms with van der Waals surface area (Å²) in [5.41, 5.74) is 0.697. The quantitative estimate of drug-likeness (QED) is 0.773. The number of nitrogens with one attached hydrogen (secondary N) is 1. The smallest absolute Gasteiger partial charge is 0.417 e. The van der Waals surface area contributed by atoms with Crippen molar-refractivity contribution in [2.75, 3.05) is 31.6 Å². The lowest BCUT2D eigenvalue weighted by Gasteiger charge is -2.34. The molecular weight excluding hydrogens is 350 g/mol. The highest BCUT2D eigenvalue weighted by atomic mass is 16.6. The van der Waals surface area contributed by atoms with Gasteiger partial charge in [0.25, 0.3) is 5.91 Å². The van der Waals surface area contributed by atoms with Crippen LogP contribution < -0.4 is 10.1 Å². The number of nitrogens with zero attached hydrogens (tertiary/aromatic N) is 2. The van der Waals surface area contributed by atoms with Gasteiger partial charge in [-0.2, -0.15) is 0 Å². The first-order chi connectivity index (χ1) is 13.1. The molecule has 0 bridgehead atoms. The molecule has 0 radical (unpaired) electrons. The molecule has 2 heterocycles. The maximum Gasteiger partial charge on any atom is 0.417 e. The number of carbonyl (C=O) groups excluding carboxylic acids is 3. The molecule has 1 aromatic carbocycles. The molecule has 2 aliphatic heterocycles. The van der Waals surface area contributed by atoms with Crippen molar-refractivity contribution in [1.29, 1.82) is 0 Å². The Morgan fingerprint density at radius 1 is 1.22 bits per heavy atom. The van der Waals surface area contributed by atoms with E-state index in [2.05, 4.69) is 12.2 Å². The molecule has 8 heteroatoms. The van der Waals surface area contributed by atoms with Gasteiger partial charge in [-0.1, -0.05) is 13.3 Å². The molecule has 0 unspecified atom stereocenters. The lowest BCUT2D eigenvalue weighted by Crippen LogP contribution is -2.49. The highest BCUT2D eigenvalue weighted by Gasteiger charge is 2.39. The van der Waals surface area contributed by atoms with Crippen molar-refractivity contribution in [2.24, 2.45) is 0 Å². The van der Waals surface area contributed by atoms with Crippen LogP contribution in [-0.2, 0) is 9.53 Å². The summed E-state index contributed by atoms with van der Waals surface area (Å²) >= 11 is 0. The maximum atomic E-state index is 12.4. The molecule has 3 rings (SSSR count). The molecule has 146 valence electrons. The first-order valence-corrected chi connectivity index (χ1v) is 9.36. The van der Waals surface area contributed by atoms with Gasteiger partial charge in [-0.25, -0.2) is 14.5 Å². The van der Waals surface area contributed by atoms with Gasteiger partial charge in [0.1, 0.15) is 5.75 Å². The predicted molar refractivity (Wildman–Crippen MR) is 98.7 cm³/mol. The number of hydrogen-bond acceptors (Lipinski definition) is 5. The van der Waals surface area contributed by atoms with Gasteiger partial charge < -0.3 is 19.7 Å². The minimum Gasteiger partial charge on any atom is -0.494 e. The summed E-state index contributed by atoms with van der Waals surface area (Å²) in [6.45, 7) is 3.57. The Bertz CT molecular complexity index is 667. The summed E-state index contributed by atoms with van der Waals surface area (Å²) in [6.07, 6.45) is 2.62. The standard InChI is InChI=1S/C19H25N3O5/c1-2-3-12-26-16-6-4-14(5-7-16)20-18(24)21-10-8-15(9-11-21)22-17(23)13-27-19(22)25/h4-7,15H,2-3,8-13H2,1H3,(H,20,24). The zero-order valence-electron chi connectivity index (χ0n) is 15.5. The molecule has 2 fully saturated rings. The van der Waals surface area contributed by atoms with Crippen LogP contribution in [-0.4, -0.2) is 60.2 Å². The van der Waals surface area contributed by atoms with Gasteiger partial charge in [0.05, 0.1) is 6.61 Å². The molecule has 8 nitrogen and oxygen atoms in total. The molecule has 4 amide bonds. The Balaban J connectivity index is 1.47. The average Bonchev–Trinajstić information content (AvgIpc) is 3.02. The second-order valence-corrected chi connectivity index (χ2v) is 6.69. The van der Waals surface area contributed by atoms with E-state index in [4.69, 9.17) is 9.47 Å². The summed E-state index contributed by atoms with van der Waals surface area (Å²) in [6, 6.07) is 6.90. The Hall–Kier alpha value is -2.77. The number of urea groups is 1. The van der Waals surface area contributed by atoms with Crippen molar-refractivity contribution in [3.05, 3.63) is 24.3 Å². The minimum absolute atomic E-state index is 0.183. The Morgan fingerprint density at radius 3 is 2.52 bits per heavy atom. The first kappa shape index (κ1) is 19.0. The number of benzene rings is 1. The van der Waals surface area contributed by atoms with Crippen molar-refractivity contribution in [2.45, 2.75) is 38.6 Å². The second-order valence-electron chi connectivity index (χ2n) is 6.69. The number of unbranched alkanes of at least 4 members (excludes halogenated alkanes) is 1. The number of rotatable bonds is 6. The van der Waals surface area contributed by atoms with E-state index in [0.29, 0.717) is 38.2 Å². The second kappa shape index (κ2) is 8.75. The summed E-state index contributed by atoms with van der Waals surface area (Å²) in [7, 11) is 0. The van der Waals surface area contributed by atoms with Crippen LogP contribution >= 0.6 is 0 Å². The fourth-order valence-corrected chi connectivity index (χ4v) is 3.22. The predicted octanol–water partition coefficient (Wildman–Crippen LogP) is 2.84. The average molecular weight is 375 g/mol. The summed E-state index contributed by atoms with van der Waals surface area (Å²) in [4.78, 5) is 38.7. The van der Waals surface area contributed by atoms with E-state index in [1.165, 1.54) is 4.90 Å². The third kappa shape index (κ3) is 4.69. The normalized spacial score (nSPS) is 17.8. The van der Waals surface area contributed by atoms with E-state index in [9.17, 15) is 14.4 Å². The van der Waals surface area contributed by atoms with E-state index < -0.39 is 6.09 Å². The van der Waals surface area contributed by atoms with E-state index in [1.54, 1.807) is 4.90 Å². The monoisotopic (exact) mass is 375 g/mol. The molecule has 2 aliphatic rings. The number of hydrogen-bond donors (Lipinski definition) is 1. The van der Waals surface area contributed by atoms with Crippen LogP contribution in [0.1, 0.15) is 32.6 Å². The number of anilines is 1. The fourth-order valence-electron chi connectivity index (χ4n) is 3.22. The van der Waals surface area contributed by atoms with Gasteiger partial charge in [0.15, 0.2) is 6.61 Å². The van der Waals surface area contributed by atoms with Crippen LogP contribution in [0.4, 0.5) is 15.3 Å². The van der Waals surface area contributed by atoms with Crippen molar-refractivity contribution in [3.63, 3.8) is 0 Å². The summed E-state index contributed by atoms with van der Waals surface area (Å²) < 4.78 is 10.4. The molecule has 0 aromatic heterocycles. The molecule has 0 atom stereocenters. The Labute approximate surface area is 158 Å². The molecule has 2 saturated heterocycles. The van der Waals surface area contributed by atoms with Crippen molar-refractivity contribution < 1.29 is 23.9 Å². The van der Waals surface area contributed by atoms with Crippen molar-refractivity contribution in [3.8, 4) is 5.75 Å². The van der Waals surface area contributed by atoms with Crippen LogP contribution in [0.5, 0.6) is 5.75 Å². The van der Waals surface area contributed by atoms with Crippen molar-refractivity contribution in [1.82, 2.24) is 9.80 Å². The molecule has 1 N–H and O–H groups in total. The van der Waals surface area contributed by atoms with Gasteiger partial charge in [-0.15, -0.1) is 0 Å². The van der Waals surface area contributed by atoms with Crippen LogP contribution in [0, 0.1) is 0 Å². The first-order valence-electron chi connectivity index (χ1n) is 9.36. The lowest BCUT2D eigenvalue weighted by molar-refractivity contribution is -0.127. The largest absolute Gasteiger partial charge is 0.494 e. The molecule has 0 saturated carbocycles. The van der Waals surface area contributed by atoms with E-state index in [0.717, 1.165) is 18.6 Å². The van der Waals surface area contributed by atoms with E-state index in [1.807, 2.05) is 24.3 Å². The van der Waals surface area contributed by atoms with Gasteiger partial charge in [-0.3, -0.25) is 4.79 Å². The number of carbonyl (C=O) groups is 3. The van der Waals surface area contributed by atoms with Crippen LogP contribution in [0.3, 0.4) is 0 Å². The van der Waals surface area contributed by atoms with Crippen molar-refractivity contribution >= 4 is 23.7 Å². The zero-order valence-corrected chi connectivity index (χ0v) is 15.5. The van der Waals surface area contributed by atoms with Crippen LogP contribution in [0.25, 0.3) is 0 Å². The Morgan fingerprint density at radius 2 is 1.93 bits per heavy atom. The number of likely N-dealkylation sites (tertiary alicyclic amines) is 1. The highest BCUT2D eigenvalue weighted by molar-refractivity contribution is 5.98. The number of piperidine rings is 1. The molecular formula is C19H25N3O5. The van der Waals surface area contributed by atoms with Gasteiger partial charge in [0.2, 0.25) is 0 Å². The third-order valence-electron chi connectivity index (χ3n) is 4.77. The maximum absolute atomic E-state index is 12.4. The summed E-state index contributed by atoms with van der Waals surface area (Å²) in [5, 5.41) is 2.87. The van der Waals surface area contributed by atoms with Gasteiger partial charge >= 0.3 is 12.1 Å². The van der Waals surface area contributed by atoms with Crippen LogP contribution in [0.15, 0.2) is 24.3 Å². The van der Waals surface area contributed by atoms with Gasteiger partial charge in [-0.05, 0) is 43.5 Å². The topological polar surface area (TPSA) is 88.2 Å². The minimum atomic E-state index is -0.579. The SMILES string of the molecule is CCCCOc1ccc(NC(=O)N2CCC(N3C(=O)COC3=O)CC2)cc1. The lowest BCUT2D eigenvalue weighted by atomic mass is 10.0. The molecule has 0 aliphatic carbocycles. The number of cyclic esters (lactones) is 1. The number of amides is 4. The number of ether oxygens (including phenoxy) is 2. The molecule has 27 heavy (non-hydrogen) atoms. The van der Waals surface area contributed by atoms with E-state index >= 15 is 0 Å². The highest BCUT2D eigenvalue weighted by Crippen LogP contribution is 2.22. The third-order valence-corrected chi connectivity index (χ3v) is 4.77. The Kier molecular flexibility index (Phi) is 6.16. The number of imide groups is 1. The van der Waals surface area contributed by atoms with E-state index in [-0.39, 0.29) is 24.6 Å².